The summed E-state index contributed by atoms with van der Waals surface area (Å²) in [6.07, 6.45) is 1.63. The van der Waals surface area contributed by atoms with Gasteiger partial charge in [0.15, 0.2) is 5.43 Å². The third-order valence-electron chi connectivity index (χ3n) is 4.27. The van der Waals surface area contributed by atoms with E-state index in [0.29, 0.717) is 6.54 Å². The van der Waals surface area contributed by atoms with Crippen LogP contribution in [-0.2, 0) is 11.3 Å². The van der Waals surface area contributed by atoms with Gasteiger partial charge in [0.25, 0.3) is 0 Å². The summed E-state index contributed by atoms with van der Waals surface area (Å²) in [6, 6.07) is 3.44. The highest BCUT2D eigenvalue weighted by atomic mass is 79.9. The second-order valence-electron chi connectivity index (χ2n) is 6.98. The highest BCUT2D eigenvalue weighted by Gasteiger charge is 2.34. The highest BCUT2D eigenvalue weighted by molar-refractivity contribution is 9.10. The first kappa shape index (κ1) is 17.0. The van der Waals surface area contributed by atoms with Crippen molar-refractivity contribution in [1.82, 2.24) is 14.3 Å². The van der Waals surface area contributed by atoms with Crippen LogP contribution in [0.5, 0.6) is 0 Å². The average molecular weight is 394 g/mol. The van der Waals surface area contributed by atoms with Gasteiger partial charge in [-0.05, 0) is 28.3 Å². The van der Waals surface area contributed by atoms with Gasteiger partial charge in [-0.2, -0.15) is 5.10 Å². The number of ether oxygens (including phenoxy) is 1. The number of nitrogens with zero attached hydrogens (tertiary/aromatic N) is 3. The molecule has 3 rings (SSSR count). The molecule has 2 aromatic rings. The van der Waals surface area contributed by atoms with E-state index in [2.05, 4.69) is 41.8 Å². The predicted octanol–water partition coefficient (Wildman–Crippen LogP) is 3.25. The Morgan fingerprint density at radius 3 is 2.71 bits per heavy atom. The standard InChI is InChI=1S/C17H20BrN3O3/c1-5-24-16(23)10-8-20-11(6-13(10)22)12-7-15(18)19-21(12)9-14(20)17(2,3)4/h6-8,14H,5,9H2,1-4H3/t14-/m0/s1. The average Bonchev–Trinajstić information content (AvgIpc) is 2.85. The maximum Gasteiger partial charge on any atom is 0.343 e. The Morgan fingerprint density at radius 1 is 1.38 bits per heavy atom. The first-order valence-corrected chi connectivity index (χ1v) is 8.68. The van der Waals surface area contributed by atoms with Crippen molar-refractivity contribution in [2.45, 2.75) is 40.3 Å². The zero-order chi connectivity index (χ0) is 17.6. The van der Waals surface area contributed by atoms with E-state index in [9.17, 15) is 9.59 Å². The molecule has 1 aliphatic heterocycles. The van der Waals surface area contributed by atoms with E-state index in [1.54, 1.807) is 13.1 Å². The van der Waals surface area contributed by atoms with E-state index in [0.717, 1.165) is 16.0 Å². The van der Waals surface area contributed by atoms with Crippen molar-refractivity contribution in [3.63, 3.8) is 0 Å². The van der Waals surface area contributed by atoms with Crippen molar-refractivity contribution in [3.8, 4) is 11.4 Å². The molecule has 24 heavy (non-hydrogen) atoms. The fraction of sp³-hybridized carbons (Fsp3) is 0.471. The highest BCUT2D eigenvalue weighted by Crippen LogP contribution is 2.39. The van der Waals surface area contributed by atoms with Crippen LogP contribution in [0.15, 0.2) is 27.7 Å². The lowest BCUT2D eigenvalue weighted by atomic mass is 9.85. The van der Waals surface area contributed by atoms with Crippen molar-refractivity contribution < 1.29 is 9.53 Å². The Balaban J connectivity index is 2.24. The summed E-state index contributed by atoms with van der Waals surface area (Å²) >= 11 is 3.40. The molecule has 1 atom stereocenters. The molecule has 6 nitrogen and oxygen atoms in total. The fourth-order valence-electron chi connectivity index (χ4n) is 3.05. The van der Waals surface area contributed by atoms with Crippen LogP contribution in [0, 0.1) is 5.41 Å². The molecule has 0 radical (unpaired) electrons. The summed E-state index contributed by atoms with van der Waals surface area (Å²) in [4.78, 5) is 24.5. The summed E-state index contributed by atoms with van der Waals surface area (Å²) in [5.74, 6) is -0.578. The molecule has 0 aliphatic carbocycles. The quantitative estimate of drug-likeness (QED) is 0.734. The molecule has 0 N–H and O–H groups in total. The largest absolute Gasteiger partial charge is 0.462 e. The van der Waals surface area contributed by atoms with Crippen LogP contribution in [-0.4, -0.2) is 26.9 Å². The molecule has 2 aromatic heterocycles. The number of hydrogen-bond acceptors (Lipinski definition) is 4. The molecule has 0 unspecified atom stereocenters. The molecule has 0 saturated heterocycles. The minimum atomic E-state index is -0.578. The van der Waals surface area contributed by atoms with Gasteiger partial charge < -0.3 is 9.30 Å². The van der Waals surface area contributed by atoms with Crippen molar-refractivity contribution in [2.24, 2.45) is 5.41 Å². The number of fused-ring (bicyclic) bond motifs is 3. The smallest absolute Gasteiger partial charge is 0.343 e. The monoisotopic (exact) mass is 393 g/mol. The van der Waals surface area contributed by atoms with Crippen LogP contribution < -0.4 is 5.43 Å². The molecule has 0 saturated carbocycles. The lowest BCUT2D eigenvalue weighted by Crippen LogP contribution is -2.35. The van der Waals surface area contributed by atoms with Gasteiger partial charge in [0.05, 0.1) is 30.6 Å². The van der Waals surface area contributed by atoms with Crippen LogP contribution >= 0.6 is 15.9 Å². The van der Waals surface area contributed by atoms with Crippen molar-refractivity contribution >= 4 is 21.9 Å². The topological polar surface area (TPSA) is 66.1 Å². The molecular formula is C17H20BrN3O3. The number of halogens is 1. The molecule has 0 amide bonds. The molecule has 3 heterocycles. The van der Waals surface area contributed by atoms with Gasteiger partial charge in [0.2, 0.25) is 0 Å². The van der Waals surface area contributed by atoms with E-state index in [1.807, 2.05) is 15.3 Å². The number of carbonyl (C=O) groups is 1. The van der Waals surface area contributed by atoms with Crippen LogP contribution in [0.3, 0.4) is 0 Å². The maximum atomic E-state index is 12.4. The summed E-state index contributed by atoms with van der Waals surface area (Å²) in [5.41, 5.74) is 1.28. The van der Waals surface area contributed by atoms with E-state index in [-0.39, 0.29) is 29.1 Å². The van der Waals surface area contributed by atoms with Gasteiger partial charge in [-0.3, -0.25) is 9.48 Å². The Morgan fingerprint density at radius 2 is 2.08 bits per heavy atom. The minimum absolute atomic E-state index is 0.0561. The second kappa shape index (κ2) is 5.88. The van der Waals surface area contributed by atoms with Crippen molar-refractivity contribution in [3.05, 3.63) is 38.7 Å². The maximum absolute atomic E-state index is 12.4. The van der Waals surface area contributed by atoms with E-state index in [1.165, 1.54) is 6.07 Å². The minimum Gasteiger partial charge on any atom is -0.462 e. The van der Waals surface area contributed by atoms with Gasteiger partial charge >= 0.3 is 5.97 Å². The van der Waals surface area contributed by atoms with Crippen LogP contribution in [0.4, 0.5) is 0 Å². The third-order valence-corrected chi connectivity index (χ3v) is 4.66. The number of esters is 1. The van der Waals surface area contributed by atoms with Gasteiger partial charge in [0.1, 0.15) is 10.2 Å². The number of carbonyl (C=O) groups excluding carboxylic acids is 1. The Hall–Kier alpha value is -1.89. The zero-order valence-corrected chi connectivity index (χ0v) is 15.8. The molecule has 128 valence electrons. The SMILES string of the molecule is CCOC(=O)c1cn2c(cc1=O)-c1cc(Br)nn1C[C@H]2C(C)(C)C. The molecule has 0 fully saturated rings. The summed E-state index contributed by atoms with van der Waals surface area (Å²) < 4.78 is 9.65. The van der Waals surface area contributed by atoms with Gasteiger partial charge in [-0.15, -0.1) is 0 Å². The van der Waals surface area contributed by atoms with Crippen molar-refractivity contribution in [2.75, 3.05) is 6.61 Å². The second-order valence-corrected chi connectivity index (χ2v) is 7.79. The molecule has 0 spiro atoms. The summed E-state index contributed by atoms with van der Waals surface area (Å²) in [6.45, 7) is 9.03. The fourth-order valence-corrected chi connectivity index (χ4v) is 3.46. The van der Waals surface area contributed by atoms with Crippen molar-refractivity contribution in [1.29, 1.82) is 0 Å². The number of rotatable bonds is 2. The normalized spacial score (nSPS) is 16.5. The Kier molecular flexibility index (Phi) is 4.15. The zero-order valence-electron chi connectivity index (χ0n) is 14.2. The van der Waals surface area contributed by atoms with E-state index < -0.39 is 5.97 Å². The Labute approximate surface area is 148 Å². The molecular weight excluding hydrogens is 374 g/mol. The van der Waals surface area contributed by atoms with Gasteiger partial charge in [-0.1, -0.05) is 20.8 Å². The first-order chi connectivity index (χ1) is 11.2. The van der Waals surface area contributed by atoms with Crippen LogP contribution in [0.2, 0.25) is 0 Å². The Bertz CT molecular complexity index is 861. The molecule has 0 bridgehead atoms. The number of pyridine rings is 1. The number of hydrogen-bond donors (Lipinski definition) is 0. The summed E-state index contributed by atoms with van der Waals surface area (Å²) in [5, 5.41) is 4.46. The lowest BCUT2D eigenvalue weighted by Gasteiger charge is -2.38. The van der Waals surface area contributed by atoms with Crippen LogP contribution in [0.25, 0.3) is 11.4 Å². The predicted molar refractivity (Wildman–Crippen MR) is 94.1 cm³/mol. The number of aromatic nitrogens is 3. The molecule has 1 aliphatic rings. The van der Waals surface area contributed by atoms with Gasteiger partial charge in [-0.25, -0.2) is 4.79 Å². The molecule has 7 heteroatoms. The van der Waals surface area contributed by atoms with E-state index >= 15 is 0 Å². The molecule has 0 aromatic carbocycles. The third kappa shape index (κ3) is 2.81. The van der Waals surface area contributed by atoms with Crippen LogP contribution in [0.1, 0.15) is 44.1 Å². The lowest BCUT2D eigenvalue weighted by molar-refractivity contribution is 0.0522. The van der Waals surface area contributed by atoms with E-state index in [4.69, 9.17) is 4.74 Å². The summed E-state index contributed by atoms with van der Waals surface area (Å²) in [7, 11) is 0. The van der Waals surface area contributed by atoms with Gasteiger partial charge in [0, 0.05) is 18.3 Å². The first-order valence-electron chi connectivity index (χ1n) is 7.89.